The molecule has 0 N–H and O–H groups in total. The fourth-order valence-electron chi connectivity index (χ4n) is 2.75. The maximum atomic E-state index is 12.5. The average Bonchev–Trinajstić information content (AvgIpc) is 2.78. The van der Waals surface area contributed by atoms with Gasteiger partial charge in [-0.15, -0.1) is 0 Å². The van der Waals surface area contributed by atoms with Gasteiger partial charge in [-0.25, -0.2) is 0 Å². The highest BCUT2D eigenvalue weighted by Gasteiger charge is 2.35. The third kappa shape index (κ3) is 2.01. The van der Waals surface area contributed by atoms with Gasteiger partial charge in [0.15, 0.2) is 5.78 Å². The molecule has 0 fully saturated rings. The molecule has 0 bridgehead atoms. The molecule has 3 heteroatoms. The monoisotopic (exact) mass is 265 g/mol. The summed E-state index contributed by atoms with van der Waals surface area (Å²) in [7, 11) is 0. The molecule has 0 saturated heterocycles. The molecule has 1 aliphatic rings. The first-order chi connectivity index (χ1) is 9.68. The molecule has 0 radical (unpaired) electrons. The Kier molecular flexibility index (Phi) is 3.11. The summed E-state index contributed by atoms with van der Waals surface area (Å²) in [6, 6.07) is 16.5. The van der Waals surface area contributed by atoms with Gasteiger partial charge in [-0.05, 0) is 24.1 Å². The predicted molar refractivity (Wildman–Crippen MR) is 76.2 cm³/mol. The fraction of sp³-hybridized carbons (Fsp3) is 0.176. The highest BCUT2D eigenvalue weighted by molar-refractivity contribution is 6.01. The van der Waals surface area contributed by atoms with Gasteiger partial charge in [0.25, 0.3) is 5.91 Å². The van der Waals surface area contributed by atoms with E-state index in [1.54, 1.807) is 4.90 Å². The fourth-order valence-corrected chi connectivity index (χ4v) is 2.75. The smallest absolute Gasteiger partial charge is 0.255 e. The van der Waals surface area contributed by atoms with E-state index in [-0.39, 0.29) is 11.7 Å². The van der Waals surface area contributed by atoms with Gasteiger partial charge in [-0.3, -0.25) is 9.59 Å². The molecule has 1 aliphatic heterocycles. The third-order valence-corrected chi connectivity index (χ3v) is 3.66. The first kappa shape index (κ1) is 12.6. The molecule has 2 aromatic rings. The molecular formula is C17H15NO2. The maximum absolute atomic E-state index is 12.5. The summed E-state index contributed by atoms with van der Waals surface area (Å²) in [6.45, 7) is 2.03. The second-order valence-electron chi connectivity index (χ2n) is 5.01. The normalized spacial score (nSPS) is 15.1. The van der Waals surface area contributed by atoms with Crippen LogP contribution in [0.1, 0.15) is 34.5 Å². The lowest BCUT2D eigenvalue weighted by Gasteiger charge is -2.26. The van der Waals surface area contributed by atoms with E-state index in [9.17, 15) is 9.59 Å². The summed E-state index contributed by atoms with van der Waals surface area (Å²) < 4.78 is 0. The number of hydrogen-bond acceptors (Lipinski definition) is 2. The zero-order valence-corrected chi connectivity index (χ0v) is 11.2. The number of ketones is 1. The minimum atomic E-state index is -0.504. The third-order valence-electron chi connectivity index (χ3n) is 3.66. The lowest BCUT2D eigenvalue weighted by atomic mass is 10.0. The van der Waals surface area contributed by atoms with Crippen LogP contribution >= 0.6 is 0 Å². The minimum Gasteiger partial charge on any atom is -0.320 e. The van der Waals surface area contributed by atoms with Crippen LogP contribution in [0.15, 0.2) is 54.6 Å². The van der Waals surface area contributed by atoms with Gasteiger partial charge in [-0.2, -0.15) is 0 Å². The molecule has 0 unspecified atom stereocenters. The highest BCUT2D eigenvalue weighted by atomic mass is 16.2. The van der Waals surface area contributed by atoms with Crippen molar-refractivity contribution in [3.8, 4) is 0 Å². The second kappa shape index (κ2) is 4.93. The molecule has 0 aromatic heterocycles. The van der Waals surface area contributed by atoms with Gasteiger partial charge in [-0.1, -0.05) is 48.5 Å². The molecule has 3 nitrogen and oxygen atoms in total. The Hall–Kier alpha value is -2.42. The summed E-state index contributed by atoms with van der Waals surface area (Å²) >= 11 is 0. The van der Waals surface area contributed by atoms with E-state index in [4.69, 9.17) is 0 Å². The van der Waals surface area contributed by atoms with Crippen LogP contribution < -0.4 is 0 Å². The Morgan fingerprint density at radius 1 is 1.05 bits per heavy atom. The van der Waals surface area contributed by atoms with Gasteiger partial charge in [0.2, 0.25) is 0 Å². The van der Waals surface area contributed by atoms with Crippen LogP contribution in [0.3, 0.4) is 0 Å². The molecule has 1 atom stereocenters. The van der Waals surface area contributed by atoms with Crippen molar-refractivity contribution in [2.24, 2.45) is 0 Å². The predicted octanol–water partition coefficient (Wildman–Crippen LogP) is 2.97. The molecule has 1 amide bonds. The quantitative estimate of drug-likeness (QED) is 0.855. The van der Waals surface area contributed by atoms with E-state index in [2.05, 4.69) is 0 Å². The van der Waals surface area contributed by atoms with Crippen LogP contribution in [0.2, 0.25) is 0 Å². The Bertz CT molecular complexity index is 664. The Morgan fingerprint density at radius 3 is 2.35 bits per heavy atom. The number of carbonyl (C=O) groups excluding carboxylic acids is 2. The molecule has 3 rings (SSSR count). The van der Waals surface area contributed by atoms with Crippen LogP contribution in [0.5, 0.6) is 0 Å². The van der Waals surface area contributed by atoms with E-state index < -0.39 is 6.04 Å². The van der Waals surface area contributed by atoms with Crippen molar-refractivity contribution in [2.45, 2.75) is 19.5 Å². The molecule has 0 spiro atoms. The standard InChI is InChI=1S/C17H15NO2/c1-12(19)16(13-7-3-2-4-8-13)18-11-14-9-5-6-10-15(14)17(18)20/h2-10,16H,11H2,1H3/t16-/m1/s1. The van der Waals surface area contributed by atoms with E-state index in [1.165, 1.54) is 6.92 Å². The molecule has 2 aromatic carbocycles. The summed E-state index contributed by atoms with van der Waals surface area (Å²) in [5.74, 6) is -0.0815. The Morgan fingerprint density at radius 2 is 1.70 bits per heavy atom. The molecule has 0 saturated carbocycles. The van der Waals surface area contributed by atoms with E-state index in [0.29, 0.717) is 12.1 Å². The summed E-state index contributed by atoms with van der Waals surface area (Å²) in [4.78, 5) is 26.2. The summed E-state index contributed by atoms with van der Waals surface area (Å²) in [5, 5.41) is 0. The van der Waals surface area contributed by atoms with Gasteiger partial charge < -0.3 is 4.90 Å². The van der Waals surface area contributed by atoms with Crippen LogP contribution in [0, 0.1) is 0 Å². The average molecular weight is 265 g/mol. The molecule has 20 heavy (non-hydrogen) atoms. The van der Waals surface area contributed by atoms with E-state index in [0.717, 1.165) is 11.1 Å². The minimum absolute atomic E-state index is 0.0163. The first-order valence-electron chi connectivity index (χ1n) is 6.63. The van der Waals surface area contributed by atoms with Gasteiger partial charge >= 0.3 is 0 Å². The number of nitrogens with zero attached hydrogens (tertiary/aromatic N) is 1. The summed E-state index contributed by atoms with van der Waals surface area (Å²) in [5.41, 5.74) is 2.55. The number of rotatable bonds is 3. The van der Waals surface area contributed by atoms with Crippen molar-refractivity contribution in [3.63, 3.8) is 0 Å². The lowest BCUT2D eigenvalue weighted by Crippen LogP contribution is -2.33. The van der Waals surface area contributed by atoms with E-state index >= 15 is 0 Å². The Balaban J connectivity index is 2.00. The lowest BCUT2D eigenvalue weighted by molar-refractivity contribution is -0.121. The SMILES string of the molecule is CC(=O)[C@H](c1ccccc1)N1Cc2ccccc2C1=O. The first-order valence-corrected chi connectivity index (χ1v) is 6.63. The van der Waals surface area contributed by atoms with Gasteiger partial charge in [0.05, 0.1) is 0 Å². The van der Waals surface area contributed by atoms with Crippen LogP contribution in [0.4, 0.5) is 0 Å². The number of benzene rings is 2. The molecule has 100 valence electrons. The van der Waals surface area contributed by atoms with Crippen molar-refractivity contribution >= 4 is 11.7 Å². The van der Waals surface area contributed by atoms with Gasteiger partial charge in [0, 0.05) is 12.1 Å². The number of amides is 1. The molecule has 1 heterocycles. The number of Topliss-reactive ketones (excluding diaryl/α,β-unsaturated/α-hetero) is 1. The Labute approximate surface area is 117 Å². The number of hydrogen-bond donors (Lipinski definition) is 0. The number of carbonyl (C=O) groups is 2. The van der Waals surface area contributed by atoms with Crippen LogP contribution in [-0.4, -0.2) is 16.6 Å². The largest absolute Gasteiger partial charge is 0.320 e. The van der Waals surface area contributed by atoms with Crippen molar-refractivity contribution in [3.05, 3.63) is 71.3 Å². The maximum Gasteiger partial charge on any atom is 0.255 e. The second-order valence-corrected chi connectivity index (χ2v) is 5.01. The zero-order valence-electron chi connectivity index (χ0n) is 11.2. The highest BCUT2D eigenvalue weighted by Crippen LogP contribution is 2.31. The van der Waals surface area contributed by atoms with Crippen molar-refractivity contribution in [1.82, 2.24) is 4.90 Å². The van der Waals surface area contributed by atoms with E-state index in [1.807, 2.05) is 54.6 Å². The zero-order chi connectivity index (χ0) is 14.1. The summed E-state index contributed by atoms with van der Waals surface area (Å²) in [6.07, 6.45) is 0. The topological polar surface area (TPSA) is 37.4 Å². The molecule has 0 aliphatic carbocycles. The molecular weight excluding hydrogens is 250 g/mol. The van der Waals surface area contributed by atoms with Gasteiger partial charge in [0.1, 0.15) is 6.04 Å². The van der Waals surface area contributed by atoms with Crippen LogP contribution in [0.25, 0.3) is 0 Å². The number of fused-ring (bicyclic) bond motifs is 1. The van der Waals surface area contributed by atoms with Crippen LogP contribution in [-0.2, 0) is 11.3 Å². The van der Waals surface area contributed by atoms with Crippen molar-refractivity contribution in [1.29, 1.82) is 0 Å². The van der Waals surface area contributed by atoms with Crippen molar-refractivity contribution in [2.75, 3.05) is 0 Å². The van der Waals surface area contributed by atoms with Crippen molar-refractivity contribution < 1.29 is 9.59 Å².